The number of hydrogen-bond donors (Lipinski definition) is 1. The largest absolute Gasteiger partial charge is 0.492 e. The van der Waals surface area contributed by atoms with Crippen molar-refractivity contribution < 1.29 is 14.3 Å². The normalized spacial score (nSPS) is 19.2. The molecule has 2 aliphatic rings. The maximum Gasteiger partial charge on any atom is 0.321 e. The highest BCUT2D eigenvalue weighted by Gasteiger charge is 2.32. The number of ether oxygens (including phenoxy) is 1. The Morgan fingerprint density at radius 1 is 0.970 bits per heavy atom. The maximum absolute atomic E-state index is 13.2. The zero-order valence-electron chi connectivity index (χ0n) is 19.4. The third kappa shape index (κ3) is 6.48. The monoisotopic (exact) mass is 450 g/mol. The molecular formula is C26H34N4O3. The van der Waals surface area contributed by atoms with Crippen molar-refractivity contribution >= 4 is 17.6 Å². The molecule has 0 saturated carbocycles. The SMILES string of the molecule is Cc1cccc(NC(=O)N2CCCC(C(=O)N3CCN(CCOc4ccccc4)CC3)C2)c1. The smallest absolute Gasteiger partial charge is 0.321 e. The van der Waals surface area contributed by atoms with Crippen molar-refractivity contribution in [3.8, 4) is 5.75 Å². The predicted octanol–water partition coefficient (Wildman–Crippen LogP) is 3.46. The van der Waals surface area contributed by atoms with Gasteiger partial charge in [-0.3, -0.25) is 9.69 Å². The van der Waals surface area contributed by atoms with Gasteiger partial charge < -0.3 is 19.9 Å². The molecule has 2 aliphatic heterocycles. The second-order valence-electron chi connectivity index (χ2n) is 8.91. The number of piperazine rings is 1. The summed E-state index contributed by atoms with van der Waals surface area (Å²) in [6, 6.07) is 17.5. The van der Waals surface area contributed by atoms with Crippen molar-refractivity contribution in [3.05, 3.63) is 60.2 Å². The third-order valence-corrected chi connectivity index (χ3v) is 6.43. The number of amides is 3. The summed E-state index contributed by atoms with van der Waals surface area (Å²) in [4.78, 5) is 32.0. The van der Waals surface area contributed by atoms with Crippen molar-refractivity contribution in [1.82, 2.24) is 14.7 Å². The minimum Gasteiger partial charge on any atom is -0.492 e. The molecule has 3 amide bonds. The van der Waals surface area contributed by atoms with E-state index in [-0.39, 0.29) is 17.9 Å². The van der Waals surface area contributed by atoms with Crippen LogP contribution in [0.3, 0.4) is 0 Å². The Kier molecular flexibility index (Phi) is 7.83. The predicted molar refractivity (Wildman–Crippen MR) is 129 cm³/mol. The van der Waals surface area contributed by atoms with E-state index >= 15 is 0 Å². The molecule has 2 aromatic carbocycles. The number of para-hydroxylation sites is 1. The summed E-state index contributed by atoms with van der Waals surface area (Å²) in [5, 5.41) is 2.97. The molecule has 0 spiro atoms. The zero-order valence-corrected chi connectivity index (χ0v) is 19.4. The molecule has 4 rings (SSSR count). The van der Waals surface area contributed by atoms with E-state index in [1.54, 1.807) is 4.90 Å². The molecular weight excluding hydrogens is 416 g/mol. The van der Waals surface area contributed by atoms with Crippen LogP contribution >= 0.6 is 0 Å². The highest BCUT2D eigenvalue weighted by molar-refractivity contribution is 5.90. The Labute approximate surface area is 196 Å². The van der Waals surface area contributed by atoms with Gasteiger partial charge >= 0.3 is 6.03 Å². The molecule has 1 atom stereocenters. The Morgan fingerprint density at radius 2 is 1.76 bits per heavy atom. The molecule has 2 saturated heterocycles. The summed E-state index contributed by atoms with van der Waals surface area (Å²) < 4.78 is 5.80. The number of urea groups is 1. The zero-order chi connectivity index (χ0) is 23.0. The second-order valence-corrected chi connectivity index (χ2v) is 8.91. The Hall–Kier alpha value is -3.06. The van der Waals surface area contributed by atoms with Crippen LogP contribution in [0.15, 0.2) is 54.6 Å². The number of nitrogens with one attached hydrogen (secondary N) is 1. The molecule has 1 unspecified atom stereocenters. The molecule has 7 heteroatoms. The number of carbonyl (C=O) groups is 2. The van der Waals surface area contributed by atoms with Crippen molar-refractivity contribution in [1.29, 1.82) is 0 Å². The molecule has 0 aliphatic carbocycles. The number of benzene rings is 2. The number of rotatable bonds is 6. The van der Waals surface area contributed by atoms with Crippen molar-refractivity contribution in [3.63, 3.8) is 0 Å². The number of carbonyl (C=O) groups excluding carboxylic acids is 2. The van der Waals surface area contributed by atoms with Crippen LogP contribution < -0.4 is 10.1 Å². The van der Waals surface area contributed by atoms with Crippen LogP contribution in [0.5, 0.6) is 5.75 Å². The summed E-state index contributed by atoms with van der Waals surface area (Å²) in [7, 11) is 0. The summed E-state index contributed by atoms with van der Waals surface area (Å²) in [6.45, 7) is 7.85. The second kappa shape index (κ2) is 11.2. The highest BCUT2D eigenvalue weighted by atomic mass is 16.5. The number of aryl methyl sites for hydroxylation is 1. The number of nitrogens with zero attached hydrogens (tertiary/aromatic N) is 3. The Bertz CT molecular complexity index is 928. The fraction of sp³-hybridized carbons (Fsp3) is 0.462. The minimum atomic E-state index is -0.124. The lowest BCUT2D eigenvalue weighted by atomic mass is 9.96. The van der Waals surface area contributed by atoms with E-state index in [0.717, 1.165) is 62.6 Å². The number of likely N-dealkylation sites (tertiary alicyclic amines) is 1. The van der Waals surface area contributed by atoms with Gasteiger partial charge in [0.2, 0.25) is 5.91 Å². The van der Waals surface area contributed by atoms with Crippen molar-refractivity contribution in [2.45, 2.75) is 19.8 Å². The Balaban J connectivity index is 1.21. The average Bonchev–Trinajstić information content (AvgIpc) is 2.85. The van der Waals surface area contributed by atoms with E-state index < -0.39 is 0 Å². The maximum atomic E-state index is 13.2. The van der Waals surface area contributed by atoms with Crippen molar-refractivity contribution in [2.24, 2.45) is 5.92 Å². The molecule has 176 valence electrons. The molecule has 1 N–H and O–H groups in total. The van der Waals surface area contributed by atoms with Crippen LogP contribution in [0.1, 0.15) is 18.4 Å². The van der Waals surface area contributed by atoms with Gasteiger partial charge in [0.15, 0.2) is 0 Å². The van der Waals surface area contributed by atoms with Crippen LogP contribution in [0, 0.1) is 12.8 Å². The summed E-state index contributed by atoms with van der Waals surface area (Å²) in [5.74, 6) is 0.956. The molecule has 0 radical (unpaired) electrons. The number of piperidine rings is 1. The standard InChI is InChI=1S/C26H34N4O3/c1-21-7-5-9-23(19-21)27-26(32)30-12-6-8-22(20-30)25(31)29-15-13-28(14-16-29)17-18-33-24-10-3-2-4-11-24/h2-5,7,9-11,19,22H,6,8,12-18,20H2,1H3,(H,27,32). The van der Waals surface area contributed by atoms with Gasteiger partial charge in [0, 0.05) is 51.5 Å². The van der Waals surface area contributed by atoms with Crippen molar-refractivity contribution in [2.75, 3.05) is 57.7 Å². The van der Waals surface area contributed by atoms with Gasteiger partial charge in [-0.25, -0.2) is 4.79 Å². The average molecular weight is 451 g/mol. The van der Waals surface area contributed by atoms with Gasteiger partial charge in [-0.2, -0.15) is 0 Å². The number of anilines is 1. The third-order valence-electron chi connectivity index (χ3n) is 6.43. The van der Waals surface area contributed by atoms with E-state index in [9.17, 15) is 9.59 Å². The van der Waals surface area contributed by atoms with Gasteiger partial charge in [-0.1, -0.05) is 30.3 Å². The van der Waals surface area contributed by atoms with E-state index in [0.29, 0.717) is 19.7 Å². The van der Waals surface area contributed by atoms with E-state index in [2.05, 4.69) is 10.2 Å². The molecule has 2 aromatic rings. The van der Waals surface area contributed by atoms with Crippen LogP contribution in [0.2, 0.25) is 0 Å². The minimum absolute atomic E-state index is 0.116. The lowest BCUT2D eigenvalue weighted by Crippen LogP contribution is -2.53. The van der Waals surface area contributed by atoms with Crippen LogP contribution in [-0.4, -0.2) is 79.1 Å². The molecule has 0 bridgehead atoms. The first-order chi connectivity index (χ1) is 16.1. The van der Waals surface area contributed by atoms with E-state index in [4.69, 9.17) is 4.74 Å². The lowest BCUT2D eigenvalue weighted by molar-refractivity contribution is -0.138. The first-order valence-corrected chi connectivity index (χ1v) is 11.9. The van der Waals surface area contributed by atoms with E-state index in [1.807, 2.05) is 66.4 Å². The first-order valence-electron chi connectivity index (χ1n) is 11.9. The fourth-order valence-corrected chi connectivity index (χ4v) is 4.55. The summed E-state index contributed by atoms with van der Waals surface area (Å²) in [6.07, 6.45) is 1.70. The molecule has 33 heavy (non-hydrogen) atoms. The highest BCUT2D eigenvalue weighted by Crippen LogP contribution is 2.21. The van der Waals surface area contributed by atoms with E-state index in [1.165, 1.54) is 0 Å². The lowest BCUT2D eigenvalue weighted by Gasteiger charge is -2.39. The van der Waals surface area contributed by atoms with Gasteiger partial charge in [0.1, 0.15) is 12.4 Å². The Morgan fingerprint density at radius 3 is 2.52 bits per heavy atom. The molecule has 7 nitrogen and oxygen atoms in total. The molecule has 0 aromatic heterocycles. The first kappa shape index (κ1) is 23.1. The molecule has 2 heterocycles. The van der Waals surface area contributed by atoms with Gasteiger partial charge in [-0.15, -0.1) is 0 Å². The summed E-state index contributed by atoms with van der Waals surface area (Å²) in [5.41, 5.74) is 1.89. The molecule has 2 fully saturated rings. The fourth-order valence-electron chi connectivity index (χ4n) is 4.55. The van der Waals surface area contributed by atoms with Gasteiger partial charge in [0.05, 0.1) is 5.92 Å². The van der Waals surface area contributed by atoms with Gasteiger partial charge in [0.25, 0.3) is 0 Å². The quantitative estimate of drug-likeness (QED) is 0.732. The summed E-state index contributed by atoms with van der Waals surface area (Å²) >= 11 is 0. The number of hydrogen-bond acceptors (Lipinski definition) is 4. The van der Waals surface area contributed by atoms with Crippen LogP contribution in [-0.2, 0) is 4.79 Å². The van der Waals surface area contributed by atoms with Crippen LogP contribution in [0.4, 0.5) is 10.5 Å². The van der Waals surface area contributed by atoms with Crippen LogP contribution in [0.25, 0.3) is 0 Å². The van der Waals surface area contributed by atoms with Gasteiger partial charge in [-0.05, 0) is 49.6 Å². The topological polar surface area (TPSA) is 65.1 Å².